The zero-order valence-corrected chi connectivity index (χ0v) is 14.6. The molecule has 3 atom stereocenters. The fraction of sp³-hybridized carbons (Fsp3) is 0.500. The Balaban J connectivity index is 1.52. The molecule has 2 heterocycles. The second-order valence-electron chi connectivity index (χ2n) is 6.67. The van der Waals surface area contributed by atoms with E-state index < -0.39 is 0 Å². The quantitative estimate of drug-likeness (QED) is 0.866. The number of aliphatic hydroxyl groups is 1. The summed E-state index contributed by atoms with van der Waals surface area (Å²) in [7, 11) is 0. The minimum atomic E-state index is -0.384. The van der Waals surface area contributed by atoms with Crippen LogP contribution in [0.2, 0.25) is 0 Å². The van der Waals surface area contributed by atoms with Crippen molar-refractivity contribution in [2.24, 2.45) is 5.92 Å². The summed E-state index contributed by atoms with van der Waals surface area (Å²) in [6.45, 7) is 4.95. The van der Waals surface area contributed by atoms with Gasteiger partial charge in [-0.05, 0) is 20.3 Å². The molecule has 134 valence electrons. The van der Waals surface area contributed by atoms with Crippen molar-refractivity contribution in [2.75, 3.05) is 13.1 Å². The Bertz CT molecular complexity index is 701. The van der Waals surface area contributed by atoms with Gasteiger partial charge in [0.25, 0.3) is 0 Å². The average Bonchev–Trinajstić information content (AvgIpc) is 3.25. The average molecular weight is 344 g/mol. The normalized spacial score (nSPS) is 19.6. The first-order valence-electron chi connectivity index (χ1n) is 8.64. The lowest BCUT2D eigenvalue weighted by molar-refractivity contribution is 0.129. The van der Waals surface area contributed by atoms with Gasteiger partial charge in [0.2, 0.25) is 11.7 Å². The number of hydrogen-bond donors (Lipinski definition) is 2. The predicted molar refractivity (Wildman–Crippen MR) is 92.8 cm³/mol. The molecule has 2 N–H and O–H groups in total. The molecular formula is C18H24N4O3. The lowest BCUT2D eigenvalue weighted by Gasteiger charge is -2.21. The Morgan fingerprint density at radius 1 is 1.40 bits per heavy atom. The maximum absolute atomic E-state index is 12.3. The second kappa shape index (κ2) is 7.65. The number of carbonyl (C=O) groups excluding carboxylic acids is 1. The summed E-state index contributed by atoms with van der Waals surface area (Å²) in [5.74, 6) is 1.20. The van der Waals surface area contributed by atoms with E-state index in [1.807, 2.05) is 37.3 Å². The van der Waals surface area contributed by atoms with Crippen molar-refractivity contribution in [3.63, 3.8) is 0 Å². The molecule has 3 rings (SSSR count). The number of nitrogens with one attached hydrogen (secondary N) is 1. The van der Waals surface area contributed by atoms with Crippen molar-refractivity contribution in [1.82, 2.24) is 20.4 Å². The van der Waals surface area contributed by atoms with E-state index in [9.17, 15) is 9.90 Å². The minimum Gasteiger partial charge on any atom is -0.393 e. The monoisotopic (exact) mass is 344 g/mol. The van der Waals surface area contributed by atoms with Gasteiger partial charge in [0, 0.05) is 37.0 Å². The van der Waals surface area contributed by atoms with Crippen LogP contribution >= 0.6 is 0 Å². The van der Waals surface area contributed by atoms with Crippen molar-refractivity contribution in [3.05, 3.63) is 36.2 Å². The van der Waals surface area contributed by atoms with Crippen molar-refractivity contribution < 1.29 is 14.4 Å². The van der Waals surface area contributed by atoms with Gasteiger partial charge in [-0.1, -0.05) is 35.5 Å². The van der Waals surface area contributed by atoms with E-state index in [-0.39, 0.29) is 24.1 Å². The van der Waals surface area contributed by atoms with Gasteiger partial charge >= 0.3 is 6.03 Å². The smallest absolute Gasteiger partial charge is 0.317 e. The van der Waals surface area contributed by atoms with E-state index in [4.69, 9.17) is 4.52 Å². The van der Waals surface area contributed by atoms with Crippen molar-refractivity contribution in [2.45, 2.75) is 38.8 Å². The Hall–Kier alpha value is -2.41. The summed E-state index contributed by atoms with van der Waals surface area (Å²) in [5, 5.41) is 16.6. The van der Waals surface area contributed by atoms with Gasteiger partial charge in [-0.25, -0.2) is 4.79 Å². The molecule has 0 bridgehead atoms. The molecule has 0 unspecified atom stereocenters. The molecule has 1 aromatic carbocycles. The van der Waals surface area contributed by atoms with Gasteiger partial charge in [-0.15, -0.1) is 0 Å². The summed E-state index contributed by atoms with van der Waals surface area (Å²) < 4.78 is 5.29. The van der Waals surface area contributed by atoms with Crippen LogP contribution in [-0.2, 0) is 6.42 Å². The first-order chi connectivity index (χ1) is 12.0. The van der Waals surface area contributed by atoms with E-state index in [1.54, 1.807) is 11.8 Å². The first kappa shape index (κ1) is 17.4. The predicted octanol–water partition coefficient (Wildman–Crippen LogP) is 2.08. The molecule has 0 radical (unpaired) electrons. The van der Waals surface area contributed by atoms with Crippen LogP contribution in [0.5, 0.6) is 0 Å². The summed E-state index contributed by atoms with van der Waals surface area (Å²) in [4.78, 5) is 18.4. The van der Waals surface area contributed by atoms with Crippen molar-refractivity contribution in [3.8, 4) is 11.4 Å². The van der Waals surface area contributed by atoms with Gasteiger partial charge in [0.05, 0.1) is 6.10 Å². The van der Waals surface area contributed by atoms with Gasteiger partial charge in [0.15, 0.2) is 0 Å². The maximum atomic E-state index is 12.3. The van der Waals surface area contributed by atoms with Crippen LogP contribution in [0, 0.1) is 5.92 Å². The fourth-order valence-corrected chi connectivity index (χ4v) is 3.02. The van der Waals surface area contributed by atoms with Gasteiger partial charge in [-0.2, -0.15) is 4.98 Å². The van der Waals surface area contributed by atoms with Crippen LogP contribution in [-0.4, -0.2) is 51.4 Å². The van der Waals surface area contributed by atoms with Crippen molar-refractivity contribution in [1.29, 1.82) is 0 Å². The third-order valence-corrected chi connectivity index (χ3v) is 4.54. The summed E-state index contributed by atoms with van der Waals surface area (Å²) in [5.41, 5.74) is 0.899. The number of benzene rings is 1. The molecule has 2 amide bonds. The number of rotatable bonds is 5. The SMILES string of the molecule is C[C@H](Cc1nc(-c2ccccc2)no1)NC(=O)N1CC[C@H]([C@H](C)O)C1. The van der Waals surface area contributed by atoms with E-state index >= 15 is 0 Å². The van der Waals surface area contributed by atoms with Crippen LogP contribution in [0.15, 0.2) is 34.9 Å². The second-order valence-corrected chi connectivity index (χ2v) is 6.67. The summed E-state index contributed by atoms with van der Waals surface area (Å²) >= 11 is 0. The van der Waals surface area contributed by atoms with Crippen LogP contribution in [0.4, 0.5) is 4.79 Å². The van der Waals surface area contributed by atoms with Crippen LogP contribution in [0.25, 0.3) is 11.4 Å². The van der Waals surface area contributed by atoms with Crippen LogP contribution < -0.4 is 5.32 Å². The molecule has 1 aromatic heterocycles. The maximum Gasteiger partial charge on any atom is 0.317 e. The van der Waals surface area contributed by atoms with Crippen LogP contribution in [0.1, 0.15) is 26.2 Å². The van der Waals surface area contributed by atoms with E-state index in [2.05, 4.69) is 15.5 Å². The zero-order chi connectivity index (χ0) is 17.8. The number of urea groups is 1. The van der Waals surface area contributed by atoms with Gasteiger partial charge < -0.3 is 19.8 Å². The fourth-order valence-electron chi connectivity index (χ4n) is 3.02. The number of likely N-dealkylation sites (tertiary alicyclic amines) is 1. The van der Waals surface area contributed by atoms with E-state index in [0.29, 0.717) is 31.2 Å². The van der Waals surface area contributed by atoms with E-state index in [1.165, 1.54) is 0 Å². The zero-order valence-electron chi connectivity index (χ0n) is 14.6. The van der Waals surface area contributed by atoms with E-state index in [0.717, 1.165) is 12.0 Å². The molecule has 2 aromatic rings. The van der Waals surface area contributed by atoms with Gasteiger partial charge in [-0.3, -0.25) is 0 Å². The van der Waals surface area contributed by atoms with Crippen LogP contribution in [0.3, 0.4) is 0 Å². The van der Waals surface area contributed by atoms with Crippen molar-refractivity contribution >= 4 is 6.03 Å². The Morgan fingerprint density at radius 2 is 2.16 bits per heavy atom. The Morgan fingerprint density at radius 3 is 2.84 bits per heavy atom. The number of aliphatic hydroxyl groups excluding tert-OH is 1. The number of hydrogen-bond acceptors (Lipinski definition) is 5. The number of aromatic nitrogens is 2. The largest absolute Gasteiger partial charge is 0.393 e. The molecule has 1 saturated heterocycles. The number of nitrogens with zero attached hydrogens (tertiary/aromatic N) is 3. The highest BCUT2D eigenvalue weighted by Gasteiger charge is 2.29. The molecule has 0 saturated carbocycles. The number of carbonyl (C=O) groups is 1. The lowest BCUT2D eigenvalue weighted by atomic mass is 10.0. The standard InChI is InChI=1S/C18H24N4O3/c1-12(19-18(24)22-9-8-15(11-22)13(2)23)10-16-20-17(21-25-16)14-6-4-3-5-7-14/h3-7,12-13,15,23H,8-11H2,1-2H3,(H,19,24)/t12-,13+,15+/m1/s1. The van der Waals surface area contributed by atoms with Gasteiger partial charge in [0.1, 0.15) is 0 Å². The Kier molecular flexibility index (Phi) is 5.33. The molecule has 7 nitrogen and oxygen atoms in total. The lowest BCUT2D eigenvalue weighted by Crippen LogP contribution is -2.43. The molecular weight excluding hydrogens is 320 g/mol. The Labute approximate surface area is 147 Å². The highest BCUT2D eigenvalue weighted by atomic mass is 16.5. The molecule has 1 aliphatic heterocycles. The third-order valence-electron chi connectivity index (χ3n) is 4.54. The highest BCUT2D eigenvalue weighted by Crippen LogP contribution is 2.20. The minimum absolute atomic E-state index is 0.113. The topological polar surface area (TPSA) is 91.5 Å². The molecule has 25 heavy (non-hydrogen) atoms. The molecule has 0 aliphatic carbocycles. The number of amides is 2. The summed E-state index contributed by atoms with van der Waals surface area (Å²) in [6, 6.07) is 9.39. The molecule has 1 fully saturated rings. The molecule has 0 spiro atoms. The summed E-state index contributed by atoms with van der Waals surface area (Å²) in [6.07, 6.45) is 0.924. The third kappa shape index (κ3) is 4.36. The highest BCUT2D eigenvalue weighted by molar-refractivity contribution is 5.74. The first-order valence-corrected chi connectivity index (χ1v) is 8.64. The molecule has 1 aliphatic rings. The molecule has 7 heteroatoms.